The highest BCUT2D eigenvalue weighted by Gasteiger charge is 2.17. The van der Waals surface area contributed by atoms with E-state index in [0.29, 0.717) is 55.8 Å². The molecule has 1 aromatic carbocycles. The molecular formula is C26H29N5O4. The number of carbonyl (C=O) groups excluding carboxylic acids is 1. The lowest BCUT2D eigenvalue weighted by Gasteiger charge is -2.15. The molecule has 0 fully saturated rings. The molecule has 0 aliphatic rings. The molecule has 0 aliphatic carbocycles. The summed E-state index contributed by atoms with van der Waals surface area (Å²) in [5, 5.41) is 11.9. The number of carbonyl (C=O) groups is 1. The average molecular weight is 476 g/mol. The van der Waals surface area contributed by atoms with Crippen LogP contribution in [0.4, 0.5) is 0 Å². The Balaban J connectivity index is 1.66. The highest BCUT2D eigenvalue weighted by atomic mass is 16.5. The fourth-order valence-corrected chi connectivity index (χ4v) is 3.95. The normalized spacial score (nSPS) is 11.1. The summed E-state index contributed by atoms with van der Waals surface area (Å²) < 4.78 is 13.7. The van der Waals surface area contributed by atoms with E-state index in [1.807, 2.05) is 31.2 Å². The molecule has 4 aromatic rings. The van der Waals surface area contributed by atoms with Gasteiger partial charge in [-0.2, -0.15) is 0 Å². The van der Waals surface area contributed by atoms with E-state index in [4.69, 9.17) is 14.9 Å². The van der Waals surface area contributed by atoms with Gasteiger partial charge in [-0.3, -0.25) is 19.4 Å². The first-order valence-electron chi connectivity index (χ1n) is 11.6. The SMILES string of the molecule is CCOCCCn1c(=N)c(C(=O)NCCc2ccc(OC)cc2)cc2c(=O)n3ccccc3nc21. The van der Waals surface area contributed by atoms with Crippen LogP contribution in [-0.2, 0) is 17.7 Å². The molecule has 1 amide bonds. The second-order valence-electron chi connectivity index (χ2n) is 8.05. The molecule has 2 N–H and O–H groups in total. The maximum atomic E-state index is 13.2. The molecule has 0 unspecified atom stereocenters. The second kappa shape index (κ2) is 11.0. The van der Waals surface area contributed by atoms with Crippen LogP contribution in [0.15, 0.2) is 59.5 Å². The number of fused-ring (bicyclic) bond motifs is 2. The van der Waals surface area contributed by atoms with Gasteiger partial charge >= 0.3 is 0 Å². The third-order valence-electron chi connectivity index (χ3n) is 5.80. The smallest absolute Gasteiger partial charge is 0.267 e. The van der Waals surface area contributed by atoms with E-state index in [1.54, 1.807) is 36.1 Å². The van der Waals surface area contributed by atoms with E-state index < -0.39 is 5.91 Å². The van der Waals surface area contributed by atoms with Crippen molar-refractivity contribution in [2.45, 2.75) is 26.3 Å². The predicted molar refractivity (Wildman–Crippen MR) is 133 cm³/mol. The number of nitrogens with one attached hydrogen (secondary N) is 2. The van der Waals surface area contributed by atoms with Crippen LogP contribution in [0.3, 0.4) is 0 Å². The summed E-state index contributed by atoms with van der Waals surface area (Å²) in [5.41, 5.74) is 1.80. The minimum absolute atomic E-state index is 0.0168. The zero-order valence-electron chi connectivity index (χ0n) is 19.9. The largest absolute Gasteiger partial charge is 0.497 e. The topological polar surface area (TPSA) is 111 Å². The third kappa shape index (κ3) is 5.25. The maximum Gasteiger partial charge on any atom is 0.267 e. The Bertz CT molecular complexity index is 1460. The zero-order chi connectivity index (χ0) is 24.8. The van der Waals surface area contributed by atoms with Crippen molar-refractivity contribution in [2.24, 2.45) is 0 Å². The van der Waals surface area contributed by atoms with Gasteiger partial charge in [-0.1, -0.05) is 18.2 Å². The van der Waals surface area contributed by atoms with Crippen LogP contribution >= 0.6 is 0 Å². The van der Waals surface area contributed by atoms with E-state index >= 15 is 0 Å². The predicted octanol–water partition coefficient (Wildman–Crippen LogP) is 2.54. The summed E-state index contributed by atoms with van der Waals surface area (Å²) in [6, 6.07) is 14.4. The number of methoxy groups -OCH3 is 1. The molecule has 9 heteroatoms. The molecule has 35 heavy (non-hydrogen) atoms. The fourth-order valence-electron chi connectivity index (χ4n) is 3.95. The molecule has 0 saturated heterocycles. The fraction of sp³-hybridized carbons (Fsp3) is 0.308. The summed E-state index contributed by atoms with van der Waals surface area (Å²) in [4.78, 5) is 31.0. The van der Waals surface area contributed by atoms with Gasteiger partial charge < -0.3 is 19.4 Å². The Hall–Kier alpha value is -3.98. The van der Waals surface area contributed by atoms with Gasteiger partial charge in [0.2, 0.25) is 0 Å². The summed E-state index contributed by atoms with van der Waals surface area (Å²) in [7, 11) is 1.62. The maximum absolute atomic E-state index is 13.2. The Morgan fingerprint density at radius 1 is 1.17 bits per heavy atom. The van der Waals surface area contributed by atoms with Crippen molar-refractivity contribution >= 4 is 22.6 Å². The molecule has 9 nitrogen and oxygen atoms in total. The number of hydrogen-bond donors (Lipinski definition) is 2. The number of benzene rings is 1. The molecular weight excluding hydrogens is 446 g/mol. The van der Waals surface area contributed by atoms with Crippen molar-refractivity contribution < 1.29 is 14.3 Å². The van der Waals surface area contributed by atoms with Crippen molar-refractivity contribution in [1.82, 2.24) is 19.3 Å². The standard InChI is InChI=1S/C26H29N5O4/c1-3-35-16-6-15-31-23(27)20(25(32)28-13-12-18-8-10-19(34-2)11-9-18)17-21-24(31)29-22-7-4-5-14-30(22)26(21)33/h4-5,7-11,14,17,27H,3,6,12-13,15-16H2,1-2H3,(H,28,32). The lowest BCUT2D eigenvalue weighted by molar-refractivity contribution is 0.0951. The Morgan fingerprint density at radius 2 is 1.97 bits per heavy atom. The first-order valence-corrected chi connectivity index (χ1v) is 11.6. The van der Waals surface area contributed by atoms with Crippen LogP contribution < -0.4 is 21.1 Å². The molecule has 4 rings (SSSR count). The van der Waals surface area contributed by atoms with Crippen LogP contribution in [0.2, 0.25) is 0 Å². The van der Waals surface area contributed by atoms with Crippen molar-refractivity contribution in [2.75, 3.05) is 26.9 Å². The van der Waals surface area contributed by atoms with Crippen LogP contribution in [-0.4, -0.2) is 46.7 Å². The van der Waals surface area contributed by atoms with E-state index in [0.717, 1.165) is 11.3 Å². The van der Waals surface area contributed by atoms with E-state index in [2.05, 4.69) is 10.3 Å². The van der Waals surface area contributed by atoms with Gasteiger partial charge in [-0.25, -0.2) is 4.98 Å². The lowest BCUT2D eigenvalue weighted by atomic mass is 10.1. The lowest BCUT2D eigenvalue weighted by Crippen LogP contribution is -2.35. The van der Waals surface area contributed by atoms with Gasteiger partial charge in [0.15, 0.2) is 0 Å². The van der Waals surface area contributed by atoms with Gasteiger partial charge in [-0.05, 0) is 55.7 Å². The minimum Gasteiger partial charge on any atom is -0.497 e. The third-order valence-corrected chi connectivity index (χ3v) is 5.80. The van der Waals surface area contributed by atoms with Crippen molar-refractivity contribution in [1.29, 1.82) is 5.41 Å². The molecule has 3 aromatic heterocycles. The summed E-state index contributed by atoms with van der Waals surface area (Å²) in [6.45, 7) is 3.82. The Kier molecular flexibility index (Phi) is 7.57. The van der Waals surface area contributed by atoms with Crippen molar-refractivity contribution in [3.05, 3.63) is 81.7 Å². The van der Waals surface area contributed by atoms with E-state index in [9.17, 15) is 9.59 Å². The van der Waals surface area contributed by atoms with Gasteiger partial charge in [0.25, 0.3) is 11.5 Å². The quantitative estimate of drug-likeness (QED) is 0.271. The van der Waals surface area contributed by atoms with Crippen molar-refractivity contribution in [3.63, 3.8) is 0 Å². The Morgan fingerprint density at radius 3 is 2.71 bits per heavy atom. The van der Waals surface area contributed by atoms with Gasteiger partial charge in [-0.15, -0.1) is 0 Å². The zero-order valence-corrected chi connectivity index (χ0v) is 19.9. The molecule has 0 saturated carbocycles. The second-order valence-corrected chi connectivity index (χ2v) is 8.05. The van der Waals surface area contributed by atoms with Crippen LogP contribution in [0.25, 0.3) is 16.7 Å². The van der Waals surface area contributed by atoms with Crippen LogP contribution in [0.5, 0.6) is 5.75 Å². The van der Waals surface area contributed by atoms with Crippen LogP contribution in [0, 0.1) is 5.41 Å². The monoisotopic (exact) mass is 475 g/mol. The van der Waals surface area contributed by atoms with Gasteiger partial charge in [0.05, 0.1) is 18.1 Å². The van der Waals surface area contributed by atoms with Crippen molar-refractivity contribution in [3.8, 4) is 5.75 Å². The molecule has 0 spiro atoms. The minimum atomic E-state index is -0.401. The molecule has 0 atom stereocenters. The number of pyridine rings is 2. The van der Waals surface area contributed by atoms with Crippen LogP contribution in [0.1, 0.15) is 29.3 Å². The molecule has 0 bridgehead atoms. The summed E-state index contributed by atoms with van der Waals surface area (Å²) in [5.74, 6) is 0.371. The van der Waals surface area contributed by atoms with E-state index in [1.165, 1.54) is 10.5 Å². The highest BCUT2D eigenvalue weighted by Crippen LogP contribution is 2.13. The summed E-state index contributed by atoms with van der Waals surface area (Å²) >= 11 is 0. The Labute approximate surface area is 202 Å². The number of aryl methyl sites for hydroxylation is 1. The number of hydrogen-bond acceptors (Lipinski definition) is 6. The molecule has 0 aliphatic heterocycles. The molecule has 0 radical (unpaired) electrons. The number of ether oxygens (including phenoxy) is 2. The van der Waals surface area contributed by atoms with E-state index in [-0.39, 0.29) is 16.6 Å². The highest BCUT2D eigenvalue weighted by molar-refractivity contribution is 5.96. The molecule has 182 valence electrons. The first-order chi connectivity index (χ1) is 17.0. The first kappa shape index (κ1) is 24.2. The summed E-state index contributed by atoms with van der Waals surface area (Å²) in [6.07, 6.45) is 2.89. The number of rotatable bonds is 10. The van der Waals surface area contributed by atoms with Gasteiger partial charge in [0, 0.05) is 32.5 Å². The average Bonchev–Trinajstić information content (AvgIpc) is 2.88. The molecule has 3 heterocycles. The van der Waals surface area contributed by atoms with Gasteiger partial charge in [0.1, 0.15) is 22.5 Å². The number of amides is 1. The number of nitrogens with zero attached hydrogens (tertiary/aromatic N) is 3. The number of aromatic nitrogens is 3.